The Balaban J connectivity index is 2.50. The standard InChI is InChI=1S/C9H5FO2/c10-6-3-1-2-5(4-6)7-8(11)9(7)12/h1-4,11H. The van der Waals surface area contributed by atoms with E-state index in [1.54, 1.807) is 6.07 Å². The highest BCUT2D eigenvalue weighted by Crippen LogP contribution is 2.30. The third-order valence-corrected chi connectivity index (χ3v) is 1.73. The Hall–Kier alpha value is -1.64. The number of aromatic hydroxyl groups is 1. The summed E-state index contributed by atoms with van der Waals surface area (Å²) in [7, 11) is 0. The summed E-state index contributed by atoms with van der Waals surface area (Å²) >= 11 is 0. The predicted molar refractivity (Wildman–Crippen MR) is 42.1 cm³/mol. The van der Waals surface area contributed by atoms with Gasteiger partial charge in [0.05, 0.1) is 5.56 Å². The van der Waals surface area contributed by atoms with E-state index in [1.165, 1.54) is 18.2 Å². The van der Waals surface area contributed by atoms with Crippen LogP contribution in [0, 0.1) is 5.82 Å². The van der Waals surface area contributed by atoms with Crippen LogP contribution in [0.4, 0.5) is 4.39 Å². The van der Waals surface area contributed by atoms with Crippen molar-refractivity contribution >= 4 is 0 Å². The average Bonchev–Trinajstić information content (AvgIpc) is 2.60. The lowest BCUT2D eigenvalue weighted by Gasteiger charge is -1.90. The summed E-state index contributed by atoms with van der Waals surface area (Å²) < 4.78 is 12.6. The molecule has 0 amide bonds. The first-order valence-electron chi connectivity index (χ1n) is 3.44. The first-order chi connectivity index (χ1) is 5.70. The van der Waals surface area contributed by atoms with Crippen molar-refractivity contribution in [2.24, 2.45) is 0 Å². The second-order valence-corrected chi connectivity index (χ2v) is 2.56. The molecule has 0 radical (unpaired) electrons. The summed E-state index contributed by atoms with van der Waals surface area (Å²) in [6.07, 6.45) is 0. The van der Waals surface area contributed by atoms with Gasteiger partial charge in [-0.2, -0.15) is 0 Å². The highest BCUT2D eigenvalue weighted by atomic mass is 19.1. The second kappa shape index (κ2) is 2.17. The Morgan fingerprint density at radius 1 is 1.33 bits per heavy atom. The summed E-state index contributed by atoms with van der Waals surface area (Å²) in [6.45, 7) is 0. The lowest BCUT2D eigenvalue weighted by Crippen LogP contribution is -1.78. The number of halogens is 1. The van der Waals surface area contributed by atoms with Gasteiger partial charge in [0.15, 0.2) is 5.75 Å². The van der Waals surface area contributed by atoms with Gasteiger partial charge in [0.25, 0.3) is 0 Å². The third kappa shape index (κ3) is 0.906. The van der Waals surface area contributed by atoms with E-state index in [9.17, 15) is 9.18 Å². The molecule has 0 fully saturated rings. The minimum atomic E-state index is -0.410. The molecule has 0 saturated carbocycles. The number of rotatable bonds is 1. The highest BCUT2D eigenvalue weighted by Gasteiger charge is 2.22. The highest BCUT2D eigenvalue weighted by molar-refractivity contribution is 5.79. The van der Waals surface area contributed by atoms with Crippen LogP contribution in [0.5, 0.6) is 5.75 Å². The molecule has 60 valence electrons. The molecule has 0 aromatic heterocycles. The molecule has 3 heteroatoms. The van der Waals surface area contributed by atoms with Crippen molar-refractivity contribution in [1.82, 2.24) is 0 Å². The van der Waals surface area contributed by atoms with Crippen LogP contribution in [-0.2, 0) is 0 Å². The monoisotopic (exact) mass is 164 g/mol. The summed E-state index contributed by atoms with van der Waals surface area (Å²) in [5, 5.41) is 8.85. The van der Waals surface area contributed by atoms with E-state index in [4.69, 9.17) is 5.11 Å². The molecule has 0 heterocycles. The van der Waals surface area contributed by atoms with E-state index in [-0.39, 0.29) is 16.7 Å². The fourth-order valence-electron chi connectivity index (χ4n) is 1.07. The molecule has 12 heavy (non-hydrogen) atoms. The zero-order chi connectivity index (χ0) is 8.72. The van der Waals surface area contributed by atoms with Gasteiger partial charge >= 0.3 is 0 Å². The van der Waals surface area contributed by atoms with Gasteiger partial charge in [-0.1, -0.05) is 12.1 Å². The van der Waals surface area contributed by atoms with Gasteiger partial charge in [-0.25, -0.2) is 4.39 Å². The van der Waals surface area contributed by atoms with Crippen molar-refractivity contribution in [2.75, 3.05) is 0 Å². The molecule has 0 aliphatic carbocycles. The molecular weight excluding hydrogens is 159 g/mol. The van der Waals surface area contributed by atoms with Gasteiger partial charge < -0.3 is 5.11 Å². The average molecular weight is 164 g/mol. The fraction of sp³-hybridized carbons (Fsp3) is 0. The molecular formula is C9H5FO2. The number of hydrogen-bond donors (Lipinski definition) is 1. The SMILES string of the molecule is O=c1c(O)c1-c1cccc(F)c1. The Labute approximate surface area is 67.6 Å². The summed E-state index contributed by atoms with van der Waals surface area (Å²) in [4.78, 5) is 10.7. The molecule has 2 nitrogen and oxygen atoms in total. The quantitative estimate of drug-likeness (QED) is 0.692. The molecule has 0 spiro atoms. The Morgan fingerprint density at radius 3 is 2.50 bits per heavy atom. The summed E-state index contributed by atoms with van der Waals surface area (Å²) in [5.41, 5.74) is 0.285. The van der Waals surface area contributed by atoms with Crippen molar-refractivity contribution < 1.29 is 9.50 Å². The molecule has 0 unspecified atom stereocenters. The van der Waals surface area contributed by atoms with E-state index in [1.807, 2.05) is 0 Å². The van der Waals surface area contributed by atoms with E-state index in [2.05, 4.69) is 0 Å². The molecule has 0 atom stereocenters. The topological polar surface area (TPSA) is 37.3 Å². The van der Waals surface area contributed by atoms with Crippen LogP contribution in [0.15, 0.2) is 29.1 Å². The third-order valence-electron chi connectivity index (χ3n) is 1.73. The molecule has 0 aliphatic rings. The summed E-state index contributed by atoms with van der Waals surface area (Å²) in [6, 6.07) is 5.58. The van der Waals surface area contributed by atoms with Gasteiger partial charge in [0.1, 0.15) is 5.82 Å². The maximum Gasteiger partial charge on any atom is 0.232 e. The molecule has 0 aliphatic heterocycles. The van der Waals surface area contributed by atoms with E-state index in [0.29, 0.717) is 5.56 Å². The van der Waals surface area contributed by atoms with E-state index >= 15 is 0 Å². The normalized spacial score (nSPS) is 10.8. The van der Waals surface area contributed by atoms with Crippen LogP contribution in [0.25, 0.3) is 11.1 Å². The van der Waals surface area contributed by atoms with Crippen molar-refractivity contribution in [3.63, 3.8) is 0 Å². The van der Waals surface area contributed by atoms with Gasteiger partial charge in [0.2, 0.25) is 5.43 Å². The van der Waals surface area contributed by atoms with Crippen LogP contribution in [0.2, 0.25) is 0 Å². The van der Waals surface area contributed by atoms with Crippen molar-refractivity contribution in [3.8, 4) is 16.9 Å². The maximum atomic E-state index is 12.6. The Morgan fingerprint density at radius 2 is 2.00 bits per heavy atom. The van der Waals surface area contributed by atoms with Gasteiger partial charge in [0, 0.05) is 0 Å². The molecule has 1 N–H and O–H groups in total. The summed E-state index contributed by atoms with van der Waals surface area (Å²) in [5.74, 6) is -0.659. The zero-order valence-corrected chi connectivity index (χ0v) is 6.04. The van der Waals surface area contributed by atoms with Crippen LogP contribution in [0.3, 0.4) is 0 Å². The minimum absolute atomic E-state index is 0.231. The second-order valence-electron chi connectivity index (χ2n) is 2.56. The molecule has 2 rings (SSSR count). The zero-order valence-electron chi connectivity index (χ0n) is 6.04. The first-order valence-corrected chi connectivity index (χ1v) is 3.44. The largest absolute Gasteiger partial charge is 0.504 e. The Kier molecular flexibility index (Phi) is 1.27. The molecule has 0 saturated heterocycles. The lowest BCUT2D eigenvalue weighted by atomic mass is 10.2. The van der Waals surface area contributed by atoms with Crippen molar-refractivity contribution in [2.45, 2.75) is 0 Å². The van der Waals surface area contributed by atoms with E-state index in [0.717, 1.165) is 0 Å². The van der Waals surface area contributed by atoms with Crippen molar-refractivity contribution in [1.29, 1.82) is 0 Å². The van der Waals surface area contributed by atoms with Gasteiger partial charge in [-0.3, -0.25) is 4.79 Å². The van der Waals surface area contributed by atoms with E-state index < -0.39 is 5.82 Å². The smallest absolute Gasteiger partial charge is 0.232 e. The number of benzene rings is 1. The first kappa shape index (κ1) is 7.03. The molecule has 2 aromatic carbocycles. The van der Waals surface area contributed by atoms with Crippen LogP contribution in [0.1, 0.15) is 0 Å². The Bertz CT molecular complexity index is 439. The van der Waals surface area contributed by atoms with Gasteiger partial charge in [-0.15, -0.1) is 0 Å². The lowest BCUT2D eigenvalue weighted by molar-refractivity contribution is 0.489. The van der Waals surface area contributed by atoms with Crippen LogP contribution < -0.4 is 5.43 Å². The molecule has 2 aromatic rings. The van der Waals surface area contributed by atoms with Crippen LogP contribution >= 0.6 is 0 Å². The fourth-order valence-corrected chi connectivity index (χ4v) is 1.07. The predicted octanol–water partition coefficient (Wildman–Crippen LogP) is 1.43. The minimum Gasteiger partial charge on any atom is -0.504 e. The molecule has 0 bridgehead atoms. The van der Waals surface area contributed by atoms with Crippen molar-refractivity contribution in [3.05, 3.63) is 40.3 Å². The maximum absolute atomic E-state index is 12.6. The van der Waals surface area contributed by atoms with Crippen LogP contribution in [-0.4, -0.2) is 5.11 Å². The van der Waals surface area contributed by atoms with Gasteiger partial charge in [-0.05, 0) is 17.7 Å². The number of hydrogen-bond acceptors (Lipinski definition) is 2.